The molecule has 120 valence electrons. The van der Waals surface area contributed by atoms with E-state index in [1.54, 1.807) is 0 Å². The van der Waals surface area contributed by atoms with E-state index in [2.05, 4.69) is 0 Å². The Morgan fingerprint density at radius 1 is 1.41 bits per heavy atom. The first-order valence-electron chi connectivity index (χ1n) is 7.22. The third-order valence-corrected chi connectivity index (χ3v) is 3.87. The summed E-state index contributed by atoms with van der Waals surface area (Å²) in [5.74, 6) is -1.07. The number of carboxylic acids is 1. The quantitative estimate of drug-likeness (QED) is 0.904. The number of alkyl halides is 1. The molecule has 0 aromatic heterocycles. The van der Waals surface area contributed by atoms with E-state index < -0.39 is 11.6 Å². The second-order valence-corrected chi connectivity index (χ2v) is 5.70. The number of hydrogen-bond acceptors (Lipinski definition) is 3. The first-order valence-corrected chi connectivity index (χ1v) is 7.22. The Morgan fingerprint density at radius 2 is 2.14 bits per heavy atom. The van der Waals surface area contributed by atoms with Gasteiger partial charge < -0.3 is 14.7 Å². The minimum absolute atomic E-state index is 0.100. The van der Waals surface area contributed by atoms with Crippen molar-refractivity contribution in [1.29, 1.82) is 0 Å². The normalized spacial score (nSPS) is 21.0. The fraction of sp³-hybridized carbons (Fsp3) is 0.500. The number of carbonyl (C=O) groups is 2. The summed E-state index contributed by atoms with van der Waals surface area (Å²) in [7, 11) is 0. The Hall–Kier alpha value is -2.11. The van der Waals surface area contributed by atoms with Gasteiger partial charge in [-0.1, -0.05) is 12.1 Å². The Labute approximate surface area is 128 Å². The molecule has 0 saturated carbocycles. The van der Waals surface area contributed by atoms with Gasteiger partial charge in [0, 0.05) is 13.0 Å². The van der Waals surface area contributed by atoms with Gasteiger partial charge in [-0.05, 0) is 31.0 Å². The number of halogens is 1. The molecule has 22 heavy (non-hydrogen) atoms. The summed E-state index contributed by atoms with van der Waals surface area (Å²) in [6, 6.07) is 5.81. The molecular formula is C16H20FNO4. The van der Waals surface area contributed by atoms with E-state index in [9.17, 15) is 14.0 Å². The van der Waals surface area contributed by atoms with E-state index >= 15 is 0 Å². The van der Waals surface area contributed by atoms with Crippen molar-refractivity contribution < 1.29 is 23.8 Å². The predicted octanol–water partition coefficient (Wildman–Crippen LogP) is 2.10. The smallest absolute Gasteiger partial charge is 0.343 e. The molecule has 0 aliphatic carbocycles. The first kappa shape index (κ1) is 16.3. The molecule has 1 amide bonds. The van der Waals surface area contributed by atoms with Crippen LogP contribution in [0.4, 0.5) is 4.39 Å². The van der Waals surface area contributed by atoms with Crippen LogP contribution in [-0.2, 0) is 9.59 Å². The third-order valence-electron chi connectivity index (χ3n) is 3.87. The summed E-state index contributed by atoms with van der Waals surface area (Å²) >= 11 is 0. The van der Waals surface area contributed by atoms with Crippen molar-refractivity contribution in [3.63, 3.8) is 0 Å². The number of benzene rings is 1. The number of aliphatic carboxylic acids is 1. The highest BCUT2D eigenvalue weighted by molar-refractivity contribution is 5.82. The third kappa shape index (κ3) is 3.55. The molecule has 2 rings (SSSR count). The molecule has 1 atom stereocenters. The van der Waals surface area contributed by atoms with Crippen LogP contribution in [0.3, 0.4) is 0 Å². The van der Waals surface area contributed by atoms with Crippen LogP contribution >= 0.6 is 0 Å². The Bertz CT molecular complexity index is 590. The van der Waals surface area contributed by atoms with E-state index in [4.69, 9.17) is 9.84 Å². The zero-order valence-electron chi connectivity index (χ0n) is 12.8. The SMILES string of the molecule is Cc1ccc(C)c(OCCC(=O)N2CCC(F)(C(=O)O)C2)c1. The highest BCUT2D eigenvalue weighted by atomic mass is 19.1. The van der Waals surface area contributed by atoms with E-state index in [0.717, 1.165) is 16.9 Å². The molecule has 0 bridgehead atoms. The van der Waals surface area contributed by atoms with Crippen LogP contribution in [0.15, 0.2) is 18.2 Å². The van der Waals surface area contributed by atoms with E-state index in [-0.39, 0.29) is 38.4 Å². The monoisotopic (exact) mass is 309 g/mol. The molecule has 1 aromatic rings. The molecule has 5 nitrogen and oxygen atoms in total. The maximum Gasteiger partial charge on any atom is 0.343 e. The minimum Gasteiger partial charge on any atom is -0.493 e. The number of hydrogen-bond donors (Lipinski definition) is 1. The fourth-order valence-electron chi connectivity index (χ4n) is 2.43. The Kier molecular flexibility index (Phi) is 4.68. The fourth-order valence-corrected chi connectivity index (χ4v) is 2.43. The standard InChI is InChI=1S/C16H20FNO4/c1-11-3-4-12(2)13(9-11)22-8-5-14(19)18-7-6-16(17,10-18)15(20)21/h3-4,9H,5-8,10H2,1-2H3,(H,20,21). The van der Waals surface area contributed by atoms with Crippen molar-refractivity contribution in [3.05, 3.63) is 29.3 Å². The highest BCUT2D eigenvalue weighted by Gasteiger charge is 2.46. The van der Waals surface area contributed by atoms with Gasteiger partial charge in [-0.15, -0.1) is 0 Å². The molecular weight excluding hydrogens is 289 g/mol. The summed E-state index contributed by atoms with van der Waals surface area (Å²) in [6.07, 6.45) is -0.0605. The lowest BCUT2D eigenvalue weighted by atomic mass is 10.1. The van der Waals surface area contributed by atoms with Gasteiger partial charge in [-0.25, -0.2) is 9.18 Å². The number of rotatable bonds is 5. The maximum atomic E-state index is 13.9. The summed E-state index contributed by atoms with van der Waals surface area (Å²) in [5.41, 5.74) is -0.271. The molecule has 1 unspecified atom stereocenters. The van der Waals surface area contributed by atoms with Gasteiger partial charge >= 0.3 is 5.97 Å². The van der Waals surface area contributed by atoms with Crippen LogP contribution in [0.25, 0.3) is 0 Å². The molecule has 1 aliphatic heterocycles. The minimum atomic E-state index is -2.32. The number of ether oxygens (including phenoxy) is 1. The van der Waals surface area contributed by atoms with Crippen LogP contribution in [0.1, 0.15) is 24.0 Å². The highest BCUT2D eigenvalue weighted by Crippen LogP contribution is 2.26. The van der Waals surface area contributed by atoms with Crippen LogP contribution in [-0.4, -0.2) is 47.2 Å². The maximum absolute atomic E-state index is 13.9. The van der Waals surface area contributed by atoms with E-state index in [1.807, 2.05) is 32.0 Å². The number of amides is 1. The Balaban J connectivity index is 1.84. The van der Waals surface area contributed by atoms with Crippen molar-refractivity contribution in [2.75, 3.05) is 19.7 Å². The van der Waals surface area contributed by atoms with Crippen molar-refractivity contribution in [2.45, 2.75) is 32.4 Å². The van der Waals surface area contributed by atoms with Crippen LogP contribution in [0, 0.1) is 13.8 Å². The van der Waals surface area contributed by atoms with Crippen LogP contribution in [0.5, 0.6) is 5.75 Å². The van der Waals surface area contributed by atoms with Gasteiger partial charge in [-0.2, -0.15) is 0 Å². The molecule has 1 aliphatic rings. The molecule has 1 fully saturated rings. The van der Waals surface area contributed by atoms with Crippen molar-refractivity contribution in [2.24, 2.45) is 0 Å². The Morgan fingerprint density at radius 3 is 2.77 bits per heavy atom. The average Bonchev–Trinajstić information content (AvgIpc) is 2.87. The van der Waals surface area contributed by atoms with Gasteiger partial charge in [0.1, 0.15) is 5.75 Å². The van der Waals surface area contributed by atoms with Crippen molar-refractivity contribution in [1.82, 2.24) is 4.90 Å². The second kappa shape index (κ2) is 6.34. The largest absolute Gasteiger partial charge is 0.493 e. The second-order valence-electron chi connectivity index (χ2n) is 5.70. The van der Waals surface area contributed by atoms with Crippen molar-refractivity contribution >= 4 is 11.9 Å². The van der Waals surface area contributed by atoms with Gasteiger partial charge in [0.25, 0.3) is 0 Å². The van der Waals surface area contributed by atoms with Crippen LogP contribution in [0.2, 0.25) is 0 Å². The lowest BCUT2D eigenvalue weighted by molar-refractivity contribution is -0.150. The lowest BCUT2D eigenvalue weighted by Gasteiger charge is -2.18. The molecule has 0 radical (unpaired) electrons. The van der Waals surface area contributed by atoms with Gasteiger partial charge in [0.05, 0.1) is 19.6 Å². The summed E-state index contributed by atoms with van der Waals surface area (Å²) in [6.45, 7) is 3.80. The number of nitrogens with zero attached hydrogens (tertiary/aromatic N) is 1. The van der Waals surface area contributed by atoms with Gasteiger partial charge in [-0.3, -0.25) is 4.79 Å². The summed E-state index contributed by atoms with van der Waals surface area (Å²) < 4.78 is 19.5. The van der Waals surface area contributed by atoms with Gasteiger partial charge in [0.15, 0.2) is 0 Å². The zero-order chi connectivity index (χ0) is 16.3. The topological polar surface area (TPSA) is 66.8 Å². The predicted molar refractivity (Wildman–Crippen MR) is 78.7 cm³/mol. The van der Waals surface area contributed by atoms with Crippen LogP contribution < -0.4 is 4.74 Å². The average molecular weight is 309 g/mol. The molecule has 1 aromatic carbocycles. The molecule has 0 spiro atoms. The summed E-state index contributed by atoms with van der Waals surface area (Å²) in [5, 5.41) is 8.82. The molecule has 1 heterocycles. The summed E-state index contributed by atoms with van der Waals surface area (Å²) in [4.78, 5) is 24.1. The zero-order valence-corrected chi connectivity index (χ0v) is 12.8. The number of likely N-dealkylation sites (tertiary alicyclic amines) is 1. The van der Waals surface area contributed by atoms with E-state index in [1.165, 1.54) is 4.90 Å². The van der Waals surface area contributed by atoms with Gasteiger partial charge in [0.2, 0.25) is 11.6 Å². The van der Waals surface area contributed by atoms with Crippen molar-refractivity contribution in [3.8, 4) is 5.75 Å². The van der Waals surface area contributed by atoms with E-state index in [0.29, 0.717) is 0 Å². The molecule has 6 heteroatoms. The molecule has 1 N–H and O–H groups in total. The first-order chi connectivity index (χ1) is 10.3. The molecule has 1 saturated heterocycles. The number of carbonyl (C=O) groups excluding carboxylic acids is 1. The number of aryl methyl sites for hydroxylation is 2. The number of carboxylic acid groups (broad SMARTS) is 1. The lowest BCUT2D eigenvalue weighted by Crippen LogP contribution is -2.39.